The highest BCUT2D eigenvalue weighted by Gasteiger charge is 2.25. The second kappa shape index (κ2) is 6.95. The largest absolute Gasteiger partial charge is 0.314 e. The van der Waals surface area contributed by atoms with E-state index in [4.69, 9.17) is 11.6 Å². The lowest BCUT2D eigenvalue weighted by Gasteiger charge is -2.36. The number of nitrogens with zero attached hydrogens (tertiary/aromatic N) is 2. The second-order valence-electron chi connectivity index (χ2n) is 6.49. The minimum Gasteiger partial charge on any atom is -0.314 e. The van der Waals surface area contributed by atoms with Gasteiger partial charge in [-0.1, -0.05) is 43.6 Å². The van der Waals surface area contributed by atoms with Gasteiger partial charge in [-0.3, -0.25) is 4.90 Å². The number of rotatable bonds is 4. The topological polar surface area (TPSA) is 28.2 Å². The Kier molecular flexibility index (Phi) is 4.97. The zero-order valence-electron chi connectivity index (χ0n) is 13.3. The Balaban J connectivity index is 2.00. The molecule has 0 spiro atoms. The maximum atomic E-state index is 6.55. The van der Waals surface area contributed by atoms with Crippen LogP contribution >= 0.6 is 11.6 Å². The molecule has 1 N–H and O–H groups in total. The van der Waals surface area contributed by atoms with Gasteiger partial charge in [0.15, 0.2) is 0 Å². The SMILES string of the molecule is CC(C)C[C@H](c1cc2ccccc2nc1Cl)N1CCNCC1. The van der Waals surface area contributed by atoms with E-state index in [1.807, 2.05) is 12.1 Å². The summed E-state index contributed by atoms with van der Waals surface area (Å²) in [5.41, 5.74) is 2.15. The van der Waals surface area contributed by atoms with Crippen molar-refractivity contribution in [3.05, 3.63) is 41.0 Å². The molecule has 1 atom stereocenters. The summed E-state index contributed by atoms with van der Waals surface area (Å²) in [6.07, 6.45) is 1.11. The molecule has 0 bridgehead atoms. The van der Waals surface area contributed by atoms with E-state index in [1.54, 1.807) is 0 Å². The van der Waals surface area contributed by atoms with Crippen LogP contribution in [0.2, 0.25) is 5.15 Å². The van der Waals surface area contributed by atoms with Gasteiger partial charge < -0.3 is 5.32 Å². The highest BCUT2D eigenvalue weighted by molar-refractivity contribution is 6.30. The van der Waals surface area contributed by atoms with Gasteiger partial charge in [-0.25, -0.2) is 4.98 Å². The summed E-state index contributed by atoms with van der Waals surface area (Å²) in [5.74, 6) is 0.627. The third kappa shape index (κ3) is 3.43. The maximum Gasteiger partial charge on any atom is 0.134 e. The average Bonchev–Trinajstić information content (AvgIpc) is 2.53. The van der Waals surface area contributed by atoms with Crippen molar-refractivity contribution in [2.24, 2.45) is 5.92 Å². The lowest BCUT2D eigenvalue weighted by Crippen LogP contribution is -2.45. The number of halogens is 1. The van der Waals surface area contributed by atoms with Gasteiger partial charge in [-0.2, -0.15) is 0 Å². The Morgan fingerprint density at radius 1 is 1.23 bits per heavy atom. The number of nitrogens with one attached hydrogen (secondary N) is 1. The number of benzene rings is 1. The number of hydrogen-bond donors (Lipinski definition) is 1. The van der Waals surface area contributed by atoms with Gasteiger partial charge in [0.25, 0.3) is 0 Å². The van der Waals surface area contributed by atoms with Crippen molar-refractivity contribution in [1.82, 2.24) is 15.2 Å². The Labute approximate surface area is 137 Å². The van der Waals surface area contributed by atoms with E-state index < -0.39 is 0 Å². The van der Waals surface area contributed by atoms with E-state index in [2.05, 4.69) is 47.2 Å². The van der Waals surface area contributed by atoms with Crippen LogP contribution in [-0.4, -0.2) is 36.1 Å². The van der Waals surface area contributed by atoms with Crippen LogP contribution in [0.1, 0.15) is 31.9 Å². The third-order valence-corrected chi connectivity index (χ3v) is 4.65. The Morgan fingerprint density at radius 3 is 2.68 bits per heavy atom. The second-order valence-corrected chi connectivity index (χ2v) is 6.85. The van der Waals surface area contributed by atoms with E-state index >= 15 is 0 Å². The fourth-order valence-electron chi connectivity index (χ4n) is 3.26. The number of piperazine rings is 1. The van der Waals surface area contributed by atoms with Crippen molar-refractivity contribution in [2.75, 3.05) is 26.2 Å². The number of hydrogen-bond acceptors (Lipinski definition) is 3. The zero-order chi connectivity index (χ0) is 15.5. The van der Waals surface area contributed by atoms with E-state index in [-0.39, 0.29) is 0 Å². The normalized spacial score (nSPS) is 18.0. The number of para-hydroxylation sites is 1. The van der Waals surface area contributed by atoms with Gasteiger partial charge in [0, 0.05) is 43.2 Å². The van der Waals surface area contributed by atoms with Gasteiger partial charge in [0.1, 0.15) is 5.15 Å². The molecule has 1 fully saturated rings. The average molecular weight is 318 g/mol. The van der Waals surface area contributed by atoms with E-state index in [0.717, 1.165) is 38.1 Å². The fraction of sp³-hybridized carbons (Fsp3) is 0.500. The highest BCUT2D eigenvalue weighted by Crippen LogP contribution is 2.34. The lowest BCUT2D eigenvalue weighted by molar-refractivity contribution is 0.154. The molecule has 0 saturated carbocycles. The van der Waals surface area contributed by atoms with Crippen LogP contribution in [0.4, 0.5) is 0 Å². The zero-order valence-corrected chi connectivity index (χ0v) is 14.1. The van der Waals surface area contributed by atoms with Crippen LogP contribution in [0.3, 0.4) is 0 Å². The summed E-state index contributed by atoms with van der Waals surface area (Å²) in [5, 5.41) is 5.26. The first-order chi connectivity index (χ1) is 10.6. The van der Waals surface area contributed by atoms with E-state index in [1.165, 1.54) is 10.9 Å². The first kappa shape index (κ1) is 15.7. The molecule has 1 aromatic carbocycles. The van der Waals surface area contributed by atoms with E-state index in [0.29, 0.717) is 17.1 Å². The molecule has 2 aromatic rings. The van der Waals surface area contributed by atoms with Crippen molar-refractivity contribution in [2.45, 2.75) is 26.3 Å². The van der Waals surface area contributed by atoms with Crippen LogP contribution in [0, 0.1) is 5.92 Å². The molecule has 22 heavy (non-hydrogen) atoms. The summed E-state index contributed by atoms with van der Waals surface area (Å²) < 4.78 is 0. The van der Waals surface area contributed by atoms with Gasteiger partial charge in [-0.05, 0) is 24.5 Å². The Morgan fingerprint density at radius 2 is 1.95 bits per heavy atom. The Bertz CT molecular complexity index is 635. The van der Waals surface area contributed by atoms with Gasteiger partial charge in [-0.15, -0.1) is 0 Å². The first-order valence-corrected chi connectivity index (χ1v) is 8.53. The molecular formula is C18H24ClN3. The van der Waals surface area contributed by atoms with Crippen LogP contribution in [0.5, 0.6) is 0 Å². The molecule has 2 heterocycles. The molecular weight excluding hydrogens is 294 g/mol. The number of fused-ring (bicyclic) bond motifs is 1. The minimum atomic E-state index is 0.353. The third-order valence-electron chi connectivity index (χ3n) is 4.35. The standard InChI is InChI=1S/C18H24ClN3/c1-13(2)11-17(22-9-7-20-8-10-22)15-12-14-5-3-4-6-16(14)21-18(15)19/h3-6,12-13,17,20H,7-11H2,1-2H3/t17-/m1/s1. The Hall–Kier alpha value is -1.16. The molecule has 0 aliphatic carbocycles. The maximum absolute atomic E-state index is 6.55. The quantitative estimate of drug-likeness (QED) is 0.867. The molecule has 0 radical (unpaired) electrons. The van der Waals surface area contributed by atoms with Gasteiger partial charge in [0.05, 0.1) is 5.52 Å². The monoisotopic (exact) mass is 317 g/mol. The number of pyridine rings is 1. The predicted octanol–water partition coefficient (Wildman–Crippen LogP) is 3.88. The van der Waals surface area contributed by atoms with Gasteiger partial charge >= 0.3 is 0 Å². The van der Waals surface area contributed by atoms with Crippen LogP contribution in [0.15, 0.2) is 30.3 Å². The summed E-state index contributed by atoms with van der Waals surface area (Å²) in [7, 11) is 0. The summed E-state index contributed by atoms with van der Waals surface area (Å²) in [6, 6.07) is 10.8. The van der Waals surface area contributed by atoms with E-state index in [9.17, 15) is 0 Å². The lowest BCUT2D eigenvalue weighted by atomic mass is 9.95. The molecule has 1 aliphatic rings. The molecule has 4 heteroatoms. The fourth-order valence-corrected chi connectivity index (χ4v) is 3.53. The summed E-state index contributed by atoms with van der Waals surface area (Å²) in [4.78, 5) is 7.17. The van der Waals surface area contributed by atoms with Crippen LogP contribution in [-0.2, 0) is 0 Å². The molecule has 0 unspecified atom stereocenters. The van der Waals surface area contributed by atoms with Crippen molar-refractivity contribution in [3.8, 4) is 0 Å². The molecule has 1 aromatic heterocycles. The van der Waals surface area contributed by atoms with Crippen LogP contribution in [0.25, 0.3) is 10.9 Å². The smallest absolute Gasteiger partial charge is 0.134 e. The summed E-state index contributed by atoms with van der Waals surface area (Å²) >= 11 is 6.55. The molecule has 3 nitrogen and oxygen atoms in total. The first-order valence-electron chi connectivity index (χ1n) is 8.15. The van der Waals surface area contributed by atoms with Crippen molar-refractivity contribution in [3.63, 3.8) is 0 Å². The molecule has 1 saturated heterocycles. The van der Waals surface area contributed by atoms with Crippen LogP contribution < -0.4 is 5.32 Å². The predicted molar refractivity (Wildman–Crippen MR) is 93.4 cm³/mol. The summed E-state index contributed by atoms with van der Waals surface area (Å²) in [6.45, 7) is 8.79. The minimum absolute atomic E-state index is 0.353. The molecule has 1 aliphatic heterocycles. The molecule has 118 valence electrons. The van der Waals surface area contributed by atoms with Gasteiger partial charge in [0.2, 0.25) is 0 Å². The van der Waals surface area contributed by atoms with Crippen molar-refractivity contribution < 1.29 is 0 Å². The molecule has 0 amide bonds. The van der Waals surface area contributed by atoms with Crippen molar-refractivity contribution >= 4 is 22.5 Å². The molecule has 3 rings (SSSR count). The number of aromatic nitrogens is 1. The van der Waals surface area contributed by atoms with Crippen molar-refractivity contribution in [1.29, 1.82) is 0 Å². The highest BCUT2D eigenvalue weighted by atomic mass is 35.5.